The second-order valence-corrected chi connectivity index (χ2v) is 17.1. The Morgan fingerprint density at radius 1 is 0.792 bits per heavy atom. The highest BCUT2D eigenvalue weighted by Crippen LogP contribution is 2.32. The lowest BCUT2D eigenvalue weighted by Gasteiger charge is -2.12. The Balaban J connectivity index is 3.73. The van der Waals surface area contributed by atoms with Gasteiger partial charge in [0.1, 0.15) is 21.7 Å². The van der Waals surface area contributed by atoms with Gasteiger partial charge >= 0.3 is 6.18 Å². The first-order valence-electron chi connectivity index (χ1n) is 7.73. The molecule has 5 heteroatoms. The molecule has 1 rings (SSSR count). The highest BCUT2D eigenvalue weighted by Gasteiger charge is 2.36. The molecule has 24 heavy (non-hydrogen) atoms. The fraction of sp³-hybridized carbons (Fsp3) is 0.368. The molecule has 0 fully saturated rings. The summed E-state index contributed by atoms with van der Waals surface area (Å²) in [4.78, 5) is 0. The van der Waals surface area contributed by atoms with Crippen LogP contribution in [-0.4, -0.2) is 22.3 Å². The molecule has 0 aliphatic rings. The highest BCUT2D eigenvalue weighted by molar-refractivity contribution is 6.84. The van der Waals surface area contributed by atoms with Crippen molar-refractivity contribution in [3.63, 3.8) is 0 Å². The number of hydrogen-bond donors (Lipinski definition) is 0. The number of halogens is 3. The van der Waals surface area contributed by atoms with Crippen molar-refractivity contribution in [2.75, 3.05) is 0 Å². The molecular weight excluding hydrogens is 341 g/mol. The molecule has 0 amide bonds. The summed E-state index contributed by atoms with van der Waals surface area (Å²) in [5.41, 5.74) is 5.49. The summed E-state index contributed by atoms with van der Waals surface area (Å²) >= 11 is 0. The van der Waals surface area contributed by atoms with Crippen molar-refractivity contribution in [2.24, 2.45) is 0 Å². The van der Waals surface area contributed by atoms with Crippen LogP contribution in [0, 0.1) is 22.9 Å². The van der Waals surface area contributed by atoms with Gasteiger partial charge in [-0.15, -0.1) is 11.1 Å². The van der Waals surface area contributed by atoms with Crippen LogP contribution in [0.25, 0.3) is 5.57 Å². The Bertz CT molecular complexity index is 723. The first-order valence-corrected chi connectivity index (χ1v) is 14.7. The summed E-state index contributed by atoms with van der Waals surface area (Å²) in [6.07, 6.45) is -4.52. The van der Waals surface area contributed by atoms with Gasteiger partial charge in [0.25, 0.3) is 0 Å². The lowest BCUT2D eigenvalue weighted by atomic mass is 10.0. The van der Waals surface area contributed by atoms with E-state index in [9.17, 15) is 13.2 Å². The largest absolute Gasteiger partial charge is 0.425 e. The molecule has 1 aromatic carbocycles. The molecule has 0 spiro atoms. The average molecular weight is 365 g/mol. The fourth-order valence-corrected chi connectivity index (χ4v) is 2.66. The topological polar surface area (TPSA) is 0 Å². The maximum absolute atomic E-state index is 13.6. The van der Waals surface area contributed by atoms with Gasteiger partial charge in [-0.2, -0.15) is 13.2 Å². The maximum atomic E-state index is 13.6. The van der Waals surface area contributed by atoms with Gasteiger partial charge in [-0.05, 0) is 5.56 Å². The number of rotatable bonds is 1. The monoisotopic (exact) mass is 364 g/mol. The standard InChI is InChI=1S/C19H23F3Si2/c1-23(2,3)14-12-17(16-10-8-7-9-11-16)18(19(20,21)22)13-15-24(4,5)6/h7-11H,1-6H3/b18-17-. The van der Waals surface area contributed by atoms with Crippen molar-refractivity contribution >= 4 is 21.7 Å². The zero-order chi connectivity index (χ0) is 18.6. The fourth-order valence-electron chi connectivity index (χ4n) is 1.66. The third kappa shape index (κ3) is 7.25. The van der Waals surface area contributed by atoms with E-state index in [1.165, 1.54) is 0 Å². The molecule has 0 saturated carbocycles. The second-order valence-electron chi connectivity index (χ2n) is 7.61. The highest BCUT2D eigenvalue weighted by atomic mass is 28.3. The van der Waals surface area contributed by atoms with Crippen LogP contribution in [-0.2, 0) is 0 Å². The number of hydrogen-bond acceptors (Lipinski definition) is 0. The Kier molecular flexibility index (Phi) is 6.33. The third-order valence-corrected chi connectivity index (χ3v) is 4.47. The quantitative estimate of drug-likeness (QED) is 0.439. The van der Waals surface area contributed by atoms with Crippen molar-refractivity contribution in [2.45, 2.75) is 45.5 Å². The SMILES string of the molecule is C[Si](C)(C)C#C/C(=C(\C#C[Si](C)(C)C)C(F)(F)F)c1ccccc1. The predicted octanol–water partition coefficient (Wildman–Crippen LogP) is 5.76. The first kappa shape index (κ1) is 20.3. The van der Waals surface area contributed by atoms with Crippen LogP contribution >= 0.6 is 0 Å². The van der Waals surface area contributed by atoms with Crippen LogP contribution in [0.5, 0.6) is 0 Å². The summed E-state index contributed by atoms with van der Waals surface area (Å²) < 4.78 is 40.9. The molecule has 0 bridgehead atoms. The van der Waals surface area contributed by atoms with Crippen molar-refractivity contribution in [3.8, 4) is 22.9 Å². The molecule has 0 aromatic heterocycles. The van der Waals surface area contributed by atoms with Crippen LogP contribution in [0.15, 0.2) is 35.9 Å². The zero-order valence-electron chi connectivity index (χ0n) is 15.0. The van der Waals surface area contributed by atoms with E-state index in [0.717, 1.165) is 0 Å². The number of alkyl halides is 3. The van der Waals surface area contributed by atoms with Gasteiger partial charge < -0.3 is 0 Å². The predicted molar refractivity (Wildman–Crippen MR) is 102 cm³/mol. The minimum absolute atomic E-state index is 0.0173. The van der Waals surface area contributed by atoms with Gasteiger partial charge in [0.2, 0.25) is 0 Å². The van der Waals surface area contributed by atoms with Crippen molar-refractivity contribution in [3.05, 3.63) is 41.5 Å². The molecule has 0 heterocycles. The van der Waals surface area contributed by atoms with E-state index in [1.54, 1.807) is 30.3 Å². The minimum Gasteiger partial charge on any atom is -0.165 e. The van der Waals surface area contributed by atoms with E-state index in [0.29, 0.717) is 5.56 Å². The van der Waals surface area contributed by atoms with Crippen LogP contribution in [0.2, 0.25) is 39.3 Å². The summed E-state index contributed by atoms with van der Waals surface area (Å²) in [6.45, 7) is 11.8. The van der Waals surface area contributed by atoms with E-state index < -0.39 is 27.9 Å². The second kappa shape index (κ2) is 7.46. The zero-order valence-corrected chi connectivity index (χ0v) is 17.0. The van der Waals surface area contributed by atoms with Gasteiger partial charge in [-0.25, -0.2) is 0 Å². The molecule has 0 atom stereocenters. The Hall–Kier alpha value is -1.70. The Morgan fingerprint density at radius 3 is 1.67 bits per heavy atom. The van der Waals surface area contributed by atoms with Gasteiger partial charge in [-0.1, -0.05) is 81.5 Å². The van der Waals surface area contributed by atoms with E-state index >= 15 is 0 Å². The molecule has 0 saturated heterocycles. The molecule has 0 unspecified atom stereocenters. The summed E-state index contributed by atoms with van der Waals surface area (Å²) in [7, 11) is -3.76. The van der Waals surface area contributed by atoms with Crippen molar-refractivity contribution in [1.82, 2.24) is 0 Å². The van der Waals surface area contributed by atoms with Crippen LogP contribution < -0.4 is 0 Å². The van der Waals surface area contributed by atoms with Crippen molar-refractivity contribution < 1.29 is 13.2 Å². The van der Waals surface area contributed by atoms with E-state index in [2.05, 4.69) is 22.9 Å². The lowest BCUT2D eigenvalue weighted by Crippen LogP contribution is -2.19. The molecule has 0 aliphatic heterocycles. The normalized spacial score (nSPS) is 13.2. The van der Waals surface area contributed by atoms with E-state index in [4.69, 9.17) is 0 Å². The van der Waals surface area contributed by atoms with Crippen LogP contribution in [0.4, 0.5) is 13.2 Å². The summed E-state index contributed by atoms with van der Waals surface area (Å²) in [5, 5.41) is 0. The number of allylic oxidation sites excluding steroid dienone is 2. The van der Waals surface area contributed by atoms with Crippen LogP contribution in [0.1, 0.15) is 5.56 Å². The molecular formula is C19H23F3Si2. The van der Waals surface area contributed by atoms with Gasteiger partial charge in [-0.3, -0.25) is 0 Å². The van der Waals surface area contributed by atoms with Crippen LogP contribution in [0.3, 0.4) is 0 Å². The summed E-state index contributed by atoms with van der Waals surface area (Å²) in [5.74, 6) is 5.22. The lowest BCUT2D eigenvalue weighted by molar-refractivity contribution is -0.0865. The molecule has 128 valence electrons. The van der Waals surface area contributed by atoms with Crippen molar-refractivity contribution in [1.29, 1.82) is 0 Å². The third-order valence-electron chi connectivity index (χ3n) is 2.72. The Labute approximate surface area is 145 Å². The molecule has 0 radical (unpaired) electrons. The molecule has 1 aromatic rings. The minimum atomic E-state index is -4.52. The van der Waals surface area contributed by atoms with Gasteiger partial charge in [0, 0.05) is 0 Å². The van der Waals surface area contributed by atoms with E-state index in [-0.39, 0.29) is 5.57 Å². The van der Waals surface area contributed by atoms with Gasteiger partial charge in [0.05, 0.1) is 5.57 Å². The maximum Gasteiger partial charge on any atom is 0.425 e. The number of benzene rings is 1. The summed E-state index contributed by atoms with van der Waals surface area (Å²) in [6, 6.07) is 8.50. The average Bonchev–Trinajstić information content (AvgIpc) is 2.39. The first-order chi connectivity index (χ1) is 10.8. The molecule has 0 nitrogen and oxygen atoms in total. The Morgan fingerprint density at radius 2 is 1.25 bits per heavy atom. The molecule has 0 aliphatic carbocycles. The smallest absolute Gasteiger partial charge is 0.165 e. The van der Waals surface area contributed by atoms with E-state index in [1.807, 2.05) is 39.3 Å². The molecule has 0 N–H and O–H groups in total. The van der Waals surface area contributed by atoms with Gasteiger partial charge in [0.15, 0.2) is 0 Å².